The second-order valence-electron chi connectivity index (χ2n) is 5.63. The Bertz CT molecular complexity index is 385. The summed E-state index contributed by atoms with van der Waals surface area (Å²) in [6.07, 6.45) is 3.11. The molecular weight excluding hydrogens is 240 g/mol. The Hall–Kier alpha value is -0.470. The van der Waals surface area contributed by atoms with Gasteiger partial charge in [0.1, 0.15) is 0 Å². The van der Waals surface area contributed by atoms with Crippen molar-refractivity contribution in [1.29, 1.82) is 0 Å². The van der Waals surface area contributed by atoms with Crippen molar-refractivity contribution in [3.63, 3.8) is 0 Å². The zero-order valence-corrected chi connectivity index (χ0v) is 12.5. The first-order valence-corrected chi connectivity index (χ1v) is 8.06. The Morgan fingerprint density at radius 1 is 1.28 bits per heavy atom. The lowest BCUT2D eigenvalue weighted by Crippen LogP contribution is -2.28. The topological polar surface area (TPSA) is 20.2 Å². The van der Waals surface area contributed by atoms with E-state index in [-0.39, 0.29) is 6.10 Å². The molecule has 0 aliphatic carbocycles. The van der Waals surface area contributed by atoms with Crippen LogP contribution in [0, 0.1) is 26.7 Å². The van der Waals surface area contributed by atoms with Crippen LogP contribution in [0.3, 0.4) is 0 Å². The molecule has 1 heterocycles. The summed E-state index contributed by atoms with van der Waals surface area (Å²) in [5.41, 5.74) is 5.32. The van der Waals surface area contributed by atoms with Crippen LogP contribution in [0.5, 0.6) is 0 Å². The second-order valence-corrected chi connectivity index (χ2v) is 6.78. The van der Waals surface area contributed by atoms with E-state index >= 15 is 0 Å². The SMILES string of the molecule is Cc1cc(C)c(CC(O)C2CCCSC2)c(C)c1. The van der Waals surface area contributed by atoms with Crippen LogP contribution >= 0.6 is 11.8 Å². The number of aliphatic hydroxyl groups excluding tert-OH is 1. The van der Waals surface area contributed by atoms with Gasteiger partial charge < -0.3 is 5.11 Å². The van der Waals surface area contributed by atoms with Crippen molar-refractivity contribution >= 4 is 11.8 Å². The third-order valence-electron chi connectivity index (χ3n) is 3.99. The fourth-order valence-corrected chi connectivity index (χ4v) is 4.21. The minimum atomic E-state index is -0.169. The van der Waals surface area contributed by atoms with Crippen molar-refractivity contribution in [3.05, 3.63) is 34.4 Å². The van der Waals surface area contributed by atoms with Gasteiger partial charge in [0.25, 0.3) is 0 Å². The molecule has 100 valence electrons. The molecule has 2 atom stereocenters. The number of thioether (sulfide) groups is 1. The summed E-state index contributed by atoms with van der Waals surface area (Å²) in [4.78, 5) is 0. The van der Waals surface area contributed by atoms with E-state index in [9.17, 15) is 5.11 Å². The molecule has 2 unspecified atom stereocenters. The Morgan fingerprint density at radius 3 is 2.50 bits per heavy atom. The number of aliphatic hydroxyl groups is 1. The summed E-state index contributed by atoms with van der Waals surface area (Å²) in [5.74, 6) is 2.89. The average molecular weight is 264 g/mol. The minimum Gasteiger partial charge on any atom is -0.392 e. The van der Waals surface area contributed by atoms with Crippen molar-refractivity contribution in [2.45, 2.75) is 46.1 Å². The van der Waals surface area contributed by atoms with Crippen LogP contribution in [0.1, 0.15) is 35.1 Å². The van der Waals surface area contributed by atoms with E-state index in [0.29, 0.717) is 5.92 Å². The van der Waals surface area contributed by atoms with Crippen molar-refractivity contribution < 1.29 is 5.11 Å². The van der Waals surface area contributed by atoms with Crippen molar-refractivity contribution in [2.75, 3.05) is 11.5 Å². The van der Waals surface area contributed by atoms with Gasteiger partial charge >= 0.3 is 0 Å². The molecule has 2 rings (SSSR count). The second kappa shape index (κ2) is 6.12. The first-order chi connectivity index (χ1) is 8.58. The van der Waals surface area contributed by atoms with Crippen molar-refractivity contribution in [3.8, 4) is 0 Å². The molecule has 0 amide bonds. The summed E-state index contributed by atoms with van der Waals surface area (Å²) in [6, 6.07) is 4.45. The molecule has 1 aromatic carbocycles. The molecule has 1 nitrogen and oxygen atoms in total. The maximum Gasteiger partial charge on any atom is 0.0616 e. The van der Waals surface area contributed by atoms with E-state index in [0.717, 1.165) is 12.2 Å². The molecule has 0 bridgehead atoms. The summed E-state index contributed by atoms with van der Waals surface area (Å²) in [5, 5.41) is 10.4. The number of aryl methyl sites for hydroxylation is 3. The van der Waals surface area contributed by atoms with Crippen LogP contribution in [0.25, 0.3) is 0 Å². The van der Waals surface area contributed by atoms with E-state index in [1.54, 1.807) is 0 Å². The fraction of sp³-hybridized carbons (Fsp3) is 0.625. The highest BCUT2D eigenvalue weighted by molar-refractivity contribution is 7.99. The number of hydrogen-bond acceptors (Lipinski definition) is 2. The minimum absolute atomic E-state index is 0.169. The van der Waals surface area contributed by atoms with Gasteiger partial charge in [-0.15, -0.1) is 0 Å². The molecular formula is C16H24OS. The largest absolute Gasteiger partial charge is 0.392 e. The van der Waals surface area contributed by atoms with Crippen molar-refractivity contribution in [2.24, 2.45) is 5.92 Å². The zero-order chi connectivity index (χ0) is 13.1. The van der Waals surface area contributed by atoms with E-state index < -0.39 is 0 Å². The molecule has 1 N–H and O–H groups in total. The summed E-state index contributed by atoms with van der Waals surface area (Å²) >= 11 is 1.99. The molecule has 1 saturated heterocycles. The van der Waals surface area contributed by atoms with Gasteiger partial charge in [-0.1, -0.05) is 17.7 Å². The van der Waals surface area contributed by atoms with Gasteiger partial charge in [-0.05, 0) is 74.1 Å². The molecule has 18 heavy (non-hydrogen) atoms. The average Bonchev–Trinajstić information content (AvgIpc) is 2.34. The third-order valence-corrected chi connectivity index (χ3v) is 5.23. The summed E-state index contributed by atoms with van der Waals surface area (Å²) in [7, 11) is 0. The number of hydrogen-bond donors (Lipinski definition) is 1. The van der Waals surface area contributed by atoms with Crippen LogP contribution in [0.15, 0.2) is 12.1 Å². The molecule has 0 spiro atoms. The number of rotatable bonds is 3. The number of benzene rings is 1. The smallest absolute Gasteiger partial charge is 0.0616 e. The van der Waals surface area contributed by atoms with Gasteiger partial charge in [0.2, 0.25) is 0 Å². The fourth-order valence-electron chi connectivity index (χ4n) is 2.98. The van der Waals surface area contributed by atoms with Crippen LogP contribution in [-0.2, 0) is 6.42 Å². The lowest BCUT2D eigenvalue weighted by atomic mass is 9.89. The maximum absolute atomic E-state index is 10.4. The maximum atomic E-state index is 10.4. The Kier molecular flexibility index (Phi) is 4.74. The van der Waals surface area contributed by atoms with Crippen LogP contribution < -0.4 is 0 Å². The van der Waals surface area contributed by atoms with Crippen LogP contribution in [-0.4, -0.2) is 22.7 Å². The molecule has 1 fully saturated rings. The van der Waals surface area contributed by atoms with E-state index in [4.69, 9.17) is 0 Å². The highest BCUT2D eigenvalue weighted by atomic mass is 32.2. The monoisotopic (exact) mass is 264 g/mol. The Balaban J connectivity index is 2.08. The van der Waals surface area contributed by atoms with E-state index in [1.807, 2.05) is 11.8 Å². The van der Waals surface area contributed by atoms with Gasteiger partial charge in [0.15, 0.2) is 0 Å². The van der Waals surface area contributed by atoms with E-state index in [2.05, 4.69) is 32.9 Å². The predicted octanol–water partition coefficient (Wildman–Crippen LogP) is 3.66. The molecule has 2 heteroatoms. The van der Waals surface area contributed by atoms with E-state index in [1.165, 1.54) is 40.8 Å². The highest BCUT2D eigenvalue weighted by Crippen LogP contribution is 2.28. The third kappa shape index (κ3) is 3.30. The van der Waals surface area contributed by atoms with Gasteiger partial charge in [-0.2, -0.15) is 11.8 Å². The van der Waals surface area contributed by atoms with Crippen molar-refractivity contribution in [1.82, 2.24) is 0 Å². The predicted molar refractivity (Wildman–Crippen MR) is 80.4 cm³/mol. The molecule has 0 aromatic heterocycles. The van der Waals surface area contributed by atoms with Gasteiger partial charge in [0.05, 0.1) is 6.10 Å². The molecule has 0 saturated carbocycles. The van der Waals surface area contributed by atoms with Crippen LogP contribution in [0.2, 0.25) is 0 Å². The first kappa shape index (κ1) is 14.0. The van der Waals surface area contributed by atoms with Gasteiger partial charge in [-0.3, -0.25) is 0 Å². The standard InChI is InChI=1S/C16H24OS/c1-11-7-12(2)15(13(3)8-11)9-16(17)14-5-4-6-18-10-14/h7-8,14,16-17H,4-6,9-10H2,1-3H3. The lowest BCUT2D eigenvalue weighted by molar-refractivity contribution is 0.112. The van der Waals surface area contributed by atoms with Gasteiger partial charge in [0, 0.05) is 0 Å². The first-order valence-electron chi connectivity index (χ1n) is 6.90. The summed E-state index contributed by atoms with van der Waals surface area (Å²) < 4.78 is 0. The molecule has 1 aliphatic rings. The Labute approximate surface area is 115 Å². The normalized spacial score (nSPS) is 21.9. The van der Waals surface area contributed by atoms with Crippen LogP contribution in [0.4, 0.5) is 0 Å². The zero-order valence-electron chi connectivity index (χ0n) is 11.7. The molecule has 1 aliphatic heterocycles. The Morgan fingerprint density at radius 2 is 1.94 bits per heavy atom. The quantitative estimate of drug-likeness (QED) is 0.899. The van der Waals surface area contributed by atoms with Gasteiger partial charge in [-0.25, -0.2) is 0 Å². The molecule has 1 aromatic rings. The highest BCUT2D eigenvalue weighted by Gasteiger charge is 2.23. The summed E-state index contributed by atoms with van der Waals surface area (Å²) in [6.45, 7) is 6.47. The molecule has 0 radical (unpaired) electrons. The lowest BCUT2D eigenvalue weighted by Gasteiger charge is -2.27.